The second-order valence-electron chi connectivity index (χ2n) is 8.73. The fraction of sp³-hybridized carbons (Fsp3) is 0.565. The average molecular weight is 431 g/mol. The summed E-state index contributed by atoms with van der Waals surface area (Å²) in [5.74, 6) is 0.859. The lowest BCUT2D eigenvalue weighted by atomic mass is 9.81. The minimum absolute atomic E-state index is 0.0411. The number of hydrogen-bond donors (Lipinski definition) is 1. The molecule has 162 valence electrons. The fourth-order valence-corrected chi connectivity index (χ4v) is 5.17. The van der Waals surface area contributed by atoms with Crippen LogP contribution in [-0.2, 0) is 4.74 Å². The molecule has 0 radical (unpaired) electrons. The van der Waals surface area contributed by atoms with Gasteiger partial charge in [-0.2, -0.15) is 0 Å². The maximum atomic E-state index is 13.1. The van der Waals surface area contributed by atoms with E-state index in [1.165, 1.54) is 0 Å². The summed E-state index contributed by atoms with van der Waals surface area (Å²) < 4.78 is 12.3. The van der Waals surface area contributed by atoms with Crippen LogP contribution in [-0.4, -0.2) is 51.8 Å². The highest BCUT2D eigenvalue weighted by Gasteiger charge is 2.44. The quantitative estimate of drug-likeness (QED) is 0.790. The van der Waals surface area contributed by atoms with Crippen LogP contribution in [0.1, 0.15) is 66.4 Å². The Kier molecular flexibility index (Phi) is 6.14. The number of aliphatic hydroxyl groups is 1. The highest BCUT2D eigenvalue weighted by Crippen LogP contribution is 2.43. The van der Waals surface area contributed by atoms with Gasteiger partial charge in [0.1, 0.15) is 5.75 Å². The summed E-state index contributed by atoms with van der Waals surface area (Å²) in [6.45, 7) is 7.21. The lowest BCUT2D eigenvalue weighted by Crippen LogP contribution is -2.52. The van der Waals surface area contributed by atoms with Gasteiger partial charge in [0, 0.05) is 37.7 Å². The molecular formula is C23H30N2O4S. The SMILES string of the molecule is Cc1cc(C(=O)N2CCC3(CC2)CC(O)CC(c2cncs2)O3)ccc1OC(C)C. The van der Waals surface area contributed by atoms with Gasteiger partial charge in [0.2, 0.25) is 0 Å². The van der Waals surface area contributed by atoms with Crippen molar-refractivity contribution in [2.75, 3.05) is 13.1 Å². The molecule has 7 heteroatoms. The number of benzene rings is 1. The molecule has 0 saturated carbocycles. The molecule has 2 aromatic rings. The molecule has 6 nitrogen and oxygen atoms in total. The summed E-state index contributed by atoms with van der Waals surface area (Å²) in [6, 6.07) is 5.64. The number of thiazole rings is 1. The van der Waals surface area contributed by atoms with Crippen molar-refractivity contribution < 1.29 is 19.4 Å². The van der Waals surface area contributed by atoms with E-state index in [0.29, 0.717) is 31.5 Å². The van der Waals surface area contributed by atoms with Crippen LogP contribution in [0.5, 0.6) is 5.75 Å². The molecule has 4 rings (SSSR count). The van der Waals surface area contributed by atoms with Crippen LogP contribution in [0.15, 0.2) is 29.9 Å². The van der Waals surface area contributed by atoms with E-state index in [1.54, 1.807) is 16.8 Å². The lowest BCUT2D eigenvalue weighted by molar-refractivity contribution is -0.180. The van der Waals surface area contributed by atoms with Gasteiger partial charge in [-0.15, -0.1) is 11.3 Å². The van der Waals surface area contributed by atoms with E-state index in [9.17, 15) is 9.90 Å². The van der Waals surface area contributed by atoms with Crippen LogP contribution in [0.3, 0.4) is 0 Å². The molecule has 2 unspecified atom stereocenters. The number of aryl methyl sites for hydroxylation is 1. The number of aliphatic hydroxyl groups excluding tert-OH is 1. The molecule has 0 aliphatic carbocycles. The maximum absolute atomic E-state index is 13.1. The Bertz CT molecular complexity index is 875. The van der Waals surface area contributed by atoms with Crippen molar-refractivity contribution in [1.82, 2.24) is 9.88 Å². The number of piperidine rings is 1. The second kappa shape index (κ2) is 8.65. The predicted octanol–water partition coefficient (Wildman–Crippen LogP) is 4.13. The number of hydrogen-bond acceptors (Lipinski definition) is 6. The first-order chi connectivity index (χ1) is 14.3. The third-order valence-electron chi connectivity index (χ3n) is 6.00. The highest BCUT2D eigenvalue weighted by molar-refractivity contribution is 7.09. The van der Waals surface area contributed by atoms with Crippen molar-refractivity contribution in [2.24, 2.45) is 0 Å². The van der Waals surface area contributed by atoms with E-state index in [0.717, 1.165) is 29.0 Å². The van der Waals surface area contributed by atoms with E-state index in [-0.39, 0.29) is 29.8 Å². The minimum atomic E-state index is -0.385. The Balaban J connectivity index is 1.41. The summed E-state index contributed by atoms with van der Waals surface area (Å²) in [4.78, 5) is 20.2. The Morgan fingerprint density at radius 1 is 1.37 bits per heavy atom. The van der Waals surface area contributed by atoms with Crippen LogP contribution in [0.4, 0.5) is 0 Å². The molecule has 1 aromatic carbocycles. The van der Waals surface area contributed by atoms with Gasteiger partial charge in [0.05, 0.1) is 34.3 Å². The molecule has 2 saturated heterocycles. The van der Waals surface area contributed by atoms with Gasteiger partial charge in [0.15, 0.2) is 0 Å². The molecule has 0 bridgehead atoms. The first kappa shape index (κ1) is 21.3. The number of likely N-dealkylation sites (tertiary alicyclic amines) is 1. The molecule has 3 heterocycles. The monoisotopic (exact) mass is 430 g/mol. The smallest absolute Gasteiger partial charge is 0.253 e. The van der Waals surface area contributed by atoms with Gasteiger partial charge in [0.25, 0.3) is 5.91 Å². The number of carbonyl (C=O) groups excluding carboxylic acids is 1. The molecular weight excluding hydrogens is 400 g/mol. The number of carbonyl (C=O) groups is 1. The third-order valence-corrected chi connectivity index (χ3v) is 6.87. The predicted molar refractivity (Wildman–Crippen MR) is 116 cm³/mol. The van der Waals surface area contributed by atoms with Gasteiger partial charge in [-0.25, -0.2) is 0 Å². The van der Waals surface area contributed by atoms with Gasteiger partial charge in [-0.1, -0.05) is 0 Å². The highest BCUT2D eigenvalue weighted by atomic mass is 32.1. The van der Waals surface area contributed by atoms with Crippen molar-refractivity contribution in [1.29, 1.82) is 0 Å². The van der Waals surface area contributed by atoms with Gasteiger partial charge >= 0.3 is 0 Å². The van der Waals surface area contributed by atoms with Crippen LogP contribution in [0.2, 0.25) is 0 Å². The number of aromatic nitrogens is 1. The van der Waals surface area contributed by atoms with Gasteiger partial charge < -0.3 is 19.5 Å². The summed E-state index contributed by atoms with van der Waals surface area (Å²) in [5, 5.41) is 10.5. The first-order valence-electron chi connectivity index (χ1n) is 10.7. The molecule has 1 amide bonds. The van der Waals surface area contributed by atoms with Crippen LogP contribution < -0.4 is 4.74 Å². The Morgan fingerprint density at radius 2 is 2.13 bits per heavy atom. The molecule has 2 aliphatic heterocycles. The molecule has 1 aromatic heterocycles. The van der Waals surface area contributed by atoms with Crippen molar-refractivity contribution in [2.45, 2.75) is 70.4 Å². The van der Waals surface area contributed by atoms with Crippen LogP contribution in [0.25, 0.3) is 0 Å². The largest absolute Gasteiger partial charge is 0.491 e. The van der Waals surface area contributed by atoms with E-state index >= 15 is 0 Å². The number of rotatable bonds is 4. The number of amides is 1. The first-order valence-corrected chi connectivity index (χ1v) is 11.5. The summed E-state index contributed by atoms with van der Waals surface area (Å²) in [7, 11) is 0. The molecule has 1 spiro atoms. The normalized spacial score (nSPS) is 23.7. The van der Waals surface area contributed by atoms with Gasteiger partial charge in [-0.05, 0) is 57.4 Å². The Morgan fingerprint density at radius 3 is 2.77 bits per heavy atom. The zero-order valence-electron chi connectivity index (χ0n) is 17.8. The van der Waals surface area contributed by atoms with Crippen molar-refractivity contribution in [3.63, 3.8) is 0 Å². The number of ether oxygens (including phenoxy) is 2. The Labute approximate surface area is 181 Å². The van der Waals surface area contributed by atoms with E-state index in [1.807, 2.05) is 50.1 Å². The lowest BCUT2D eigenvalue weighted by Gasteiger charge is -2.47. The zero-order chi connectivity index (χ0) is 21.3. The Hall–Kier alpha value is -1.96. The van der Waals surface area contributed by atoms with Crippen LogP contribution >= 0.6 is 11.3 Å². The van der Waals surface area contributed by atoms with Crippen molar-refractivity contribution >= 4 is 17.2 Å². The number of nitrogens with zero attached hydrogens (tertiary/aromatic N) is 2. The molecule has 1 N–H and O–H groups in total. The fourth-order valence-electron chi connectivity index (χ4n) is 4.51. The third kappa shape index (κ3) is 4.53. The molecule has 2 fully saturated rings. The van der Waals surface area contributed by atoms with Crippen LogP contribution in [0, 0.1) is 6.92 Å². The molecule has 2 aliphatic rings. The summed E-state index contributed by atoms with van der Waals surface area (Å²) in [6.07, 6.45) is 4.14. The topological polar surface area (TPSA) is 71.9 Å². The van der Waals surface area contributed by atoms with E-state index in [2.05, 4.69) is 4.98 Å². The molecule has 2 atom stereocenters. The zero-order valence-corrected chi connectivity index (χ0v) is 18.7. The van der Waals surface area contributed by atoms with Crippen molar-refractivity contribution in [3.8, 4) is 5.75 Å². The van der Waals surface area contributed by atoms with Crippen molar-refractivity contribution in [3.05, 3.63) is 45.9 Å². The maximum Gasteiger partial charge on any atom is 0.253 e. The van der Waals surface area contributed by atoms with E-state index < -0.39 is 0 Å². The molecule has 30 heavy (non-hydrogen) atoms. The minimum Gasteiger partial charge on any atom is -0.491 e. The summed E-state index contributed by atoms with van der Waals surface area (Å²) in [5.41, 5.74) is 3.09. The summed E-state index contributed by atoms with van der Waals surface area (Å²) >= 11 is 1.57. The second-order valence-corrected chi connectivity index (χ2v) is 9.64. The average Bonchev–Trinajstić information content (AvgIpc) is 3.24. The van der Waals surface area contributed by atoms with Gasteiger partial charge in [-0.3, -0.25) is 9.78 Å². The van der Waals surface area contributed by atoms with E-state index in [4.69, 9.17) is 9.47 Å². The standard InChI is InChI=1S/C23H30N2O4S/c1-15(2)28-19-5-4-17(10-16(19)3)22(27)25-8-6-23(7-9-25)12-18(26)11-20(29-23)21-13-24-14-30-21/h4-5,10,13-15,18,20,26H,6-9,11-12H2,1-3H3.